The average Bonchev–Trinajstić information content (AvgIpc) is 0.933. The predicted molar refractivity (Wildman–Crippen MR) is 440 cm³/mol. The highest BCUT2D eigenvalue weighted by Gasteiger charge is 2.21. The van der Waals surface area contributed by atoms with Crippen LogP contribution in [-0.2, 0) is 6.42 Å². The van der Waals surface area contributed by atoms with Crippen LogP contribution in [0.1, 0.15) is 40.7 Å². The van der Waals surface area contributed by atoms with Gasteiger partial charge >= 0.3 is 0 Å². The number of aryl methyl sites for hydroxylation is 4. The molecule has 0 radical (unpaired) electrons. The van der Waals surface area contributed by atoms with Crippen LogP contribution < -0.4 is 31.0 Å². The molecule has 0 saturated heterocycles. The largest absolute Gasteiger partial charge is 0.507 e. The highest BCUT2D eigenvalue weighted by Crippen LogP contribution is 2.41. The molecule has 114 heavy (non-hydrogen) atoms. The molecule has 6 aromatic heterocycles. The number of phenolic OH excluding ortho intramolecular Hbond substituents is 1. The molecule has 0 aliphatic heterocycles. The lowest BCUT2D eigenvalue weighted by molar-refractivity contribution is -0.385. The number of nitro benzene ring substituents is 3. The van der Waals surface area contributed by atoms with Crippen LogP contribution in [0.3, 0.4) is 0 Å². The third kappa shape index (κ3) is 22.5. The first kappa shape index (κ1) is 81.4. The van der Waals surface area contributed by atoms with Gasteiger partial charge in [-0.1, -0.05) is 89.6 Å². The number of halogens is 2. The van der Waals surface area contributed by atoms with Gasteiger partial charge in [0.2, 0.25) is 23.8 Å². The van der Waals surface area contributed by atoms with Gasteiger partial charge in [0.1, 0.15) is 23.1 Å². The number of non-ortho nitro benzene ring substituents is 3. The van der Waals surface area contributed by atoms with Crippen molar-refractivity contribution in [3.8, 4) is 90.1 Å². The molecule has 0 aliphatic rings. The number of ether oxygens (including phenoxy) is 2. The van der Waals surface area contributed by atoms with E-state index in [0.29, 0.717) is 34.9 Å². The number of aromatic hydroxyl groups is 1. The number of phenols is 1. The van der Waals surface area contributed by atoms with Gasteiger partial charge in [-0.2, -0.15) is 15.3 Å². The summed E-state index contributed by atoms with van der Waals surface area (Å²) in [5.41, 5.74) is 26.5. The Hall–Kier alpha value is -15.1. The SMILES string of the molecule is CCc1cc(-c2nc(N)nc(C)c2-c2ccc(OC)cc2)c(O)cc1OC.CN(C)c1ncc(-c2ccccc2)cn1.Cc1cc(C)n(-c2ncc(-c3ccc([N+](=O)[O-])cc3)cn2)n1.O=[N+]([O-])c1ccc(-c2cnc(N/N=C/c3ccc(Br)cc3)nc2)cc1.O=[N+]([O-])c1ccc(-c2cnc(N/N=C/c3ccc(F)cc3)nc2)cc1. The Balaban J connectivity index is 0.000000152. The fourth-order valence-electron chi connectivity index (χ4n) is 10.7. The molecule has 6 heterocycles. The fourth-order valence-corrected chi connectivity index (χ4v) is 11.0. The number of nitro groups is 3. The summed E-state index contributed by atoms with van der Waals surface area (Å²) in [7, 11) is 7.07. The molecule has 5 N–H and O–H groups in total. The summed E-state index contributed by atoms with van der Waals surface area (Å²) in [6, 6.07) is 55.4. The van der Waals surface area contributed by atoms with Crippen LogP contribution in [0.5, 0.6) is 17.2 Å². The molecule has 0 unspecified atom stereocenters. The van der Waals surface area contributed by atoms with Crippen LogP contribution in [-0.4, -0.2) is 120 Å². The van der Waals surface area contributed by atoms with Crippen LogP contribution in [0, 0.1) is 56.9 Å². The molecule has 30 nitrogen and oxygen atoms in total. The van der Waals surface area contributed by atoms with E-state index in [-0.39, 0.29) is 34.6 Å². The van der Waals surface area contributed by atoms with Crippen molar-refractivity contribution in [1.29, 1.82) is 0 Å². The maximum Gasteiger partial charge on any atom is 0.269 e. The zero-order chi connectivity index (χ0) is 81.2. The van der Waals surface area contributed by atoms with E-state index in [1.54, 1.807) is 117 Å². The zero-order valence-electron chi connectivity index (χ0n) is 62.6. The Kier molecular flexibility index (Phi) is 28.1. The summed E-state index contributed by atoms with van der Waals surface area (Å²) in [5.74, 6) is 3.21. The van der Waals surface area contributed by atoms with Gasteiger partial charge in [0.15, 0.2) is 0 Å². The normalized spacial score (nSPS) is 10.6. The van der Waals surface area contributed by atoms with Crippen molar-refractivity contribution in [2.75, 3.05) is 49.8 Å². The molecule has 0 saturated carbocycles. The van der Waals surface area contributed by atoms with E-state index in [1.807, 2.05) is 150 Å². The second-order valence-corrected chi connectivity index (χ2v) is 25.6. The molecule has 0 spiro atoms. The van der Waals surface area contributed by atoms with Gasteiger partial charge < -0.3 is 25.2 Å². The molecule has 0 atom stereocenters. The summed E-state index contributed by atoms with van der Waals surface area (Å²) in [5, 5.41) is 55.0. The third-order valence-electron chi connectivity index (χ3n) is 16.5. The summed E-state index contributed by atoms with van der Waals surface area (Å²) < 4.78 is 26.1. The number of hydrazone groups is 2. The molecule has 0 aliphatic carbocycles. The van der Waals surface area contributed by atoms with E-state index < -0.39 is 14.8 Å². The van der Waals surface area contributed by atoms with Crippen molar-refractivity contribution in [2.45, 2.75) is 34.1 Å². The third-order valence-corrected chi connectivity index (χ3v) is 17.1. The number of benzene rings is 8. The van der Waals surface area contributed by atoms with Gasteiger partial charge in [0.05, 0.1) is 58.5 Å². The minimum Gasteiger partial charge on any atom is -0.507 e. The first-order valence-corrected chi connectivity index (χ1v) is 35.4. The number of anilines is 4. The van der Waals surface area contributed by atoms with E-state index in [1.165, 1.54) is 54.7 Å². The Labute approximate surface area is 661 Å². The summed E-state index contributed by atoms with van der Waals surface area (Å²) in [6.45, 7) is 7.76. The smallest absolute Gasteiger partial charge is 0.269 e. The second kappa shape index (κ2) is 39.3. The minimum atomic E-state index is -0.452. The number of nitrogens with one attached hydrogen (secondary N) is 2. The number of aromatic nitrogens is 12. The fraction of sp³-hybridized carbons (Fsp3) is 0.110. The first-order valence-electron chi connectivity index (χ1n) is 34.6. The number of hydrogen-bond acceptors (Lipinski definition) is 26. The van der Waals surface area contributed by atoms with Gasteiger partial charge in [-0.05, 0) is 157 Å². The minimum absolute atomic E-state index is 0.0260. The number of rotatable bonds is 20. The van der Waals surface area contributed by atoms with Crippen molar-refractivity contribution in [2.24, 2.45) is 10.2 Å². The Morgan fingerprint density at radius 3 is 1.39 bits per heavy atom. The maximum absolute atomic E-state index is 12.8. The number of hydrogen-bond donors (Lipinski definition) is 4. The Bertz CT molecular complexity index is 5460. The van der Waals surface area contributed by atoms with Crippen LogP contribution in [0.25, 0.3) is 72.8 Å². The standard InChI is InChI=1S/C21H23N3O3.C17H12BrN5O2.C17H12FN5O2.C15H13N5O2.C12H13N3/c1-5-13-10-16(17(25)11-18(13)27-4)20-19(12(2)23-21(22)24-20)14-6-8-15(26-3)9-7-14;2*18-15-5-1-12(2-6-15)9-21-22-17-19-10-14(11-20-17)13-3-7-16(8-4-13)23(24)25;1-10-7-11(2)19(18-10)15-16-8-13(9-17-15)12-3-5-14(6-4-12)20(21)22;1-15(2)12-13-8-11(9-14-12)10-6-4-3-5-7-10/h6-11,25H,5H2,1-4H3,(H2,22,23,24);2*1-11H,(H,19,20,22);3-9H,1-2H3;3-9H,1-2H3/b;2*21-9+;;. The lowest BCUT2D eigenvalue weighted by Gasteiger charge is -2.16. The molecule has 14 rings (SSSR count). The summed E-state index contributed by atoms with van der Waals surface area (Å²) in [4.78, 5) is 75.1. The molecule has 8 aromatic carbocycles. The highest BCUT2D eigenvalue weighted by atomic mass is 79.9. The lowest BCUT2D eigenvalue weighted by Crippen LogP contribution is -2.12. The monoisotopic (exact) mass is 1590 g/mol. The number of nitrogen functional groups attached to an aromatic ring is 1. The van der Waals surface area contributed by atoms with E-state index >= 15 is 0 Å². The van der Waals surface area contributed by atoms with Crippen molar-refractivity contribution < 1.29 is 33.7 Å². The van der Waals surface area contributed by atoms with Crippen molar-refractivity contribution >= 4 is 69.2 Å². The quantitative estimate of drug-likeness (QED) is 0.0313. The van der Waals surface area contributed by atoms with Crippen LogP contribution in [0.2, 0.25) is 0 Å². The lowest BCUT2D eigenvalue weighted by atomic mass is 9.95. The number of nitrogens with zero attached hydrogens (tertiary/aromatic N) is 18. The van der Waals surface area contributed by atoms with Crippen LogP contribution in [0.15, 0.2) is 258 Å². The van der Waals surface area contributed by atoms with Crippen molar-refractivity contribution in [3.05, 3.63) is 318 Å². The second-order valence-electron chi connectivity index (χ2n) is 24.6. The van der Waals surface area contributed by atoms with Crippen LogP contribution in [0.4, 0.5) is 45.2 Å². The average molecular weight is 1600 g/mol. The van der Waals surface area contributed by atoms with Crippen molar-refractivity contribution in [1.82, 2.24) is 59.6 Å². The van der Waals surface area contributed by atoms with Crippen LogP contribution >= 0.6 is 15.9 Å². The zero-order valence-corrected chi connectivity index (χ0v) is 64.1. The van der Waals surface area contributed by atoms with Crippen molar-refractivity contribution in [3.63, 3.8) is 0 Å². The molecule has 574 valence electrons. The first-order chi connectivity index (χ1) is 55.0. The molecule has 14 aromatic rings. The Morgan fingerprint density at radius 2 is 0.974 bits per heavy atom. The maximum atomic E-state index is 12.8. The molecular formula is C82H73BrFN21O9. The molecule has 0 bridgehead atoms. The van der Waals surface area contributed by atoms with Gasteiger partial charge in [-0.15, -0.1) is 0 Å². The van der Waals surface area contributed by atoms with E-state index in [4.69, 9.17) is 15.2 Å². The summed E-state index contributed by atoms with van der Waals surface area (Å²) >= 11 is 3.37. The number of methoxy groups -OCH3 is 2. The predicted octanol–water partition coefficient (Wildman–Crippen LogP) is 16.9. The van der Waals surface area contributed by atoms with E-state index in [9.17, 15) is 39.8 Å². The molecular weight excluding hydrogens is 1520 g/mol. The van der Waals surface area contributed by atoms with E-state index in [2.05, 4.69) is 91.9 Å². The van der Waals surface area contributed by atoms with Gasteiger partial charge in [0.25, 0.3) is 23.0 Å². The van der Waals surface area contributed by atoms with Gasteiger partial charge in [-0.25, -0.2) is 69.8 Å². The summed E-state index contributed by atoms with van der Waals surface area (Å²) in [6.07, 6.45) is 17.4. The molecule has 0 amide bonds. The Morgan fingerprint density at radius 1 is 0.544 bits per heavy atom. The topological polar surface area (TPSA) is 393 Å². The van der Waals surface area contributed by atoms with Gasteiger partial charge in [0, 0.05) is 150 Å². The van der Waals surface area contributed by atoms with Gasteiger partial charge in [-0.3, -0.25) is 30.3 Å². The molecule has 32 heteroatoms. The van der Waals surface area contributed by atoms with E-state index in [0.717, 1.165) is 112 Å². The highest BCUT2D eigenvalue weighted by molar-refractivity contribution is 9.10. The molecule has 0 fully saturated rings. The number of nitrogens with two attached hydrogens (primary N) is 1.